The van der Waals surface area contributed by atoms with Crippen LogP contribution in [0.1, 0.15) is 25.0 Å². The molecule has 5 heteroatoms. The zero-order chi connectivity index (χ0) is 16.6. The Balaban J connectivity index is 1.57. The molecule has 0 saturated carbocycles. The highest BCUT2D eigenvalue weighted by molar-refractivity contribution is 7.99. The SMILES string of the molecule is O=C(CCSc1ccccc1)N(Cc1ccco1)C1CCOCC1. The van der Waals surface area contributed by atoms with Crippen LogP contribution in [0.2, 0.25) is 0 Å². The molecule has 0 N–H and O–H groups in total. The average molecular weight is 345 g/mol. The third-order valence-corrected chi connectivity index (χ3v) is 5.20. The number of hydrogen-bond acceptors (Lipinski definition) is 4. The van der Waals surface area contributed by atoms with Crippen LogP contribution >= 0.6 is 11.8 Å². The van der Waals surface area contributed by atoms with Gasteiger partial charge in [0.25, 0.3) is 0 Å². The summed E-state index contributed by atoms with van der Waals surface area (Å²) in [7, 11) is 0. The Morgan fingerprint density at radius 3 is 2.62 bits per heavy atom. The van der Waals surface area contributed by atoms with Gasteiger partial charge in [0.2, 0.25) is 5.91 Å². The number of carbonyl (C=O) groups excluding carboxylic acids is 1. The van der Waals surface area contributed by atoms with Gasteiger partial charge in [0.05, 0.1) is 12.8 Å². The van der Waals surface area contributed by atoms with E-state index in [-0.39, 0.29) is 11.9 Å². The minimum atomic E-state index is 0.196. The summed E-state index contributed by atoms with van der Waals surface area (Å²) >= 11 is 1.73. The van der Waals surface area contributed by atoms with Crippen LogP contribution in [0.15, 0.2) is 58.0 Å². The van der Waals surface area contributed by atoms with Crippen LogP contribution < -0.4 is 0 Å². The summed E-state index contributed by atoms with van der Waals surface area (Å²) in [6.07, 6.45) is 4.00. The zero-order valence-electron chi connectivity index (χ0n) is 13.7. The highest BCUT2D eigenvalue weighted by Crippen LogP contribution is 2.22. The first-order valence-electron chi connectivity index (χ1n) is 8.40. The standard InChI is InChI=1S/C19H23NO3S/c21-19(10-14-24-18-6-2-1-3-7-18)20(15-17-5-4-11-23-17)16-8-12-22-13-9-16/h1-7,11,16H,8-10,12-15H2. The van der Waals surface area contributed by atoms with E-state index >= 15 is 0 Å². The molecule has 1 aromatic heterocycles. The Bertz CT molecular complexity index is 609. The van der Waals surface area contributed by atoms with E-state index in [0.717, 1.165) is 37.6 Å². The molecular weight excluding hydrogens is 322 g/mol. The number of nitrogens with zero attached hydrogens (tertiary/aromatic N) is 1. The Kier molecular flexibility index (Phi) is 6.38. The number of hydrogen-bond donors (Lipinski definition) is 0. The van der Waals surface area contributed by atoms with Crippen molar-refractivity contribution < 1.29 is 13.9 Å². The second kappa shape index (κ2) is 8.94. The van der Waals surface area contributed by atoms with E-state index in [0.29, 0.717) is 13.0 Å². The minimum Gasteiger partial charge on any atom is -0.467 e. The number of thioether (sulfide) groups is 1. The molecule has 1 amide bonds. The number of benzene rings is 1. The van der Waals surface area contributed by atoms with E-state index < -0.39 is 0 Å². The normalized spacial score (nSPS) is 15.3. The van der Waals surface area contributed by atoms with E-state index in [2.05, 4.69) is 12.1 Å². The summed E-state index contributed by atoms with van der Waals surface area (Å²) in [4.78, 5) is 16.0. The predicted octanol–water partition coefficient (Wildman–Crippen LogP) is 3.97. The van der Waals surface area contributed by atoms with Crippen LogP contribution in [0, 0.1) is 0 Å². The molecular formula is C19H23NO3S. The van der Waals surface area contributed by atoms with Crippen LogP contribution in [0.3, 0.4) is 0 Å². The number of amides is 1. The van der Waals surface area contributed by atoms with Gasteiger partial charge in [0.15, 0.2) is 0 Å². The van der Waals surface area contributed by atoms with Crippen molar-refractivity contribution in [2.24, 2.45) is 0 Å². The summed E-state index contributed by atoms with van der Waals surface area (Å²) in [5.74, 6) is 1.83. The van der Waals surface area contributed by atoms with Gasteiger partial charge < -0.3 is 14.1 Å². The molecule has 2 heterocycles. The molecule has 0 aliphatic carbocycles. The predicted molar refractivity (Wildman–Crippen MR) is 94.9 cm³/mol. The highest BCUT2D eigenvalue weighted by Gasteiger charge is 2.26. The van der Waals surface area contributed by atoms with Crippen LogP contribution in [-0.2, 0) is 16.1 Å². The largest absolute Gasteiger partial charge is 0.467 e. The lowest BCUT2D eigenvalue weighted by Crippen LogP contribution is -2.43. The van der Waals surface area contributed by atoms with Gasteiger partial charge in [-0.2, -0.15) is 0 Å². The molecule has 1 saturated heterocycles. The number of carbonyl (C=O) groups is 1. The van der Waals surface area contributed by atoms with Crippen molar-refractivity contribution in [2.45, 2.75) is 36.7 Å². The van der Waals surface area contributed by atoms with Crippen molar-refractivity contribution in [2.75, 3.05) is 19.0 Å². The zero-order valence-corrected chi connectivity index (χ0v) is 14.5. The molecule has 4 nitrogen and oxygen atoms in total. The summed E-state index contributed by atoms with van der Waals surface area (Å²) < 4.78 is 10.9. The van der Waals surface area contributed by atoms with Crippen LogP contribution in [0.4, 0.5) is 0 Å². The molecule has 0 bridgehead atoms. The molecule has 1 aliphatic rings. The fourth-order valence-corrected chi connectivity index (χ4v) is 3.77. The molecule has 3 rings (SSSR count). The summed E-state index contributed by atoms with van der Waals surface area (Å²) in [5.41, 5.74) is 0. The molecule has 1 aromatic carbocycles. The van der Waals surface area contributed by atoms with Crippen molar-refractivity contribution in [3.63, 3.8) is 0 Å². The van der Waals surface area contributed by atoms with Crippen molar-refractivity contribution in [3.8, 4) is 0 Å². The smallest absolute Gasteiger partial charge is 0.224 e. The first-order chi connectivity index (χ1) is 11.8. The Morgan fingerprint density at radius 2 is 1.92 bits per heavy atom. The lowest BCUT2D eigenvalue weighted by Gasteiger charge is -2.34. The number of furan rings is 1. The van der Waals surface area contributed by atoms with E-state index in [1.54, 1.807) is 18.0 Å². The quantitative estimate of drug-likeness (QED) is 0.712. The molecule has 0 radical (unpaired) electrons. The average Bonchev–Trinajstić information content (AvgIpc) is 3.14. The maximum absolute atomic E-state index is 12.8. The Labute approximate surface area is 147 Å². The molecule has 0 atom stereocenters. The summed E-state index contributed by atoms with van der Waals surface area (Å²) in [6, 6.07) is 14.3. The monoisotopic (exact) mass is 345 g/mol. The second-order valence-corrected chi connectivity index (χ2v) is 7.02. The van der Waals surface area contributed by atoms with Gasteiger partial charge in [0.1, 0.15) is 5.76 Å². The lowest BCUT2D eigenvalue weighted by atomic mass is 10.1. The van der Waals surface area contributed by atoms with Crippen molar-refractivity contribution >= 4 is 17.7 Å². The molecule has 1 fully saturated rings. The van der Waals surface area contributed by atoms with Gasteiger partial charge in [-0.3, -0.25) is 4.79 Å². The van der Waals surface area contributed by atoms with E-state index in [1.165, 1.54) is 4.90 Å². The van der Waals surface area contributed by atoms with Gasteiger partial charge in [0, 0.05) is 36.3 Å². The van der Waals surface area contributed by atoms with Crippen molar-refractivity contribution in [3.05, 3.63) is 54.5 Å². The third-order valence-electron chi connectivity index (χ3n) is 4.19. The lowest BCUT2D eigenvalue weighted by molar-refractivity contribution is -0.136. The fourth-order valence-electron chi connectivity index (χ4n) is 2.90. The third kappa shape index (κ3) is 4.89. The number of ether oxygens (including phenoxy) is 1. The molecule has 0 spiro atoms. The van der Waals surface area contributed by atoms with Gasteiger partial charge in [-0.1, -0.05) is 18.2 Å². The maximum Gasteiger partial charge on any atom is 0.224 e. The second-order valence-electron chi connectivity index (χ2n) is 5.86. The van der Waals surface area contributed by atoms with E-state index in [1.807, 2.05) is 35.2 Å². The highest BCUT2D eigenvalue weighted by atomic mass is 32.2. The maximum atomic E-state index is 12.8. The van der Waals surface area contributed by atoms with Crippen LogP contribution in [0.25, 0.3) is 0 Å². The van der Waals surface area contributed by atoms with E-state index in [4.69, 9.17) is 9.15 Å². The number of rotatable bonds is 7. The first-order valence-corrected chi connectivity index (χ1v) is 9.39. The van der Waals surface area contributed by atoms with Gasteiger partial charge >= 0.3 is 0 Å². The molecule has 0 unspecified atom stereocenters. The Hall–Kier alpha value is -1.72. The molecule has 24 heavy (non-hydrogen) atoms. The van der Waals surface area contributed by atoms with Crippen LogP contribution in [-0.4, -0.2) is 35.8 Å². The summed E-state index contributed by atoms with van der Waals surface area (Å²) in [6.45, 7) is 2.00. The van der Waals surface area contributed by atoms with E-state index in [9.17, 15) is 4.79 Å². The molecule has 1 aliphatic heterocycles. The fraction of sp³-hybridized carbons (Fsp3) is 0.421. The van der Waals surface area contributed by atoms with Gasteiger partial charge in [-0.25, -0.2) is 0 Å². The molecule has 2 aromatic rings. The molecule has 128 valence electrons. The van der Waals surface area contributed by atoms with Crippen molar-refractivity contribution in [1.29, 1.82) is 0 Å². The Morgan fingerprint density at radius 1 is 1.12 bits per heavy atom. The van der Waals surface area contributed by atoms with Gasteiger partial charge in [-0.05, 0) is 37.1 Å². The van der Waals surface area contributed by atoms with Gasteiger partial charge in [-0.15, -0.1) is 11.8 Å². The van der Waals surface area contributed by atoms with Crippen LogP contribution in [0.5, 0.6) is 0 Å². The minimum absolute atomic E-state index is 0.196. The topological polar surface area (TPSA) is 42.7 Å². The van der Waals surface area contributed by atoms with Crippen molar-refractivity contribution in [1.82, 2.24) is 4.90 Å². The summed E-state index contributed by atoms with van der Waals surface area (Å²) in [5, 5.41) is 0. The first kappa shape index (κ1) is 17.1.